The molecule has 4 amide bonds. The molecule has 2 aromatic carbocycles. The number of anilines is 2. The summed E-state index contributed by atoms with van der Waals surface area (Å²) < 4.78 is 5.50. The summed E-state index contributed by atoms with van der Waals surface area (Å²) in [5.41, 5.74) is 2.49. The quantitative estimate of drug-likeness (QED) is 0.328. The van der Waals surface area contributed by atoms with Gasteiger partial charge in [0.15, 0.2) is 0 Å². The summed E-state index contributed by atoms with van der Waals surface area (Å²) in [6, 6.07) is 10.2. The largest absolute Gasteiger partial charge is 0.459 e. The summed E-state index contributed by atoms with van der Waals surface area (Å²) >= 11 is 11.9. The van der Waals surface area contributed by atoms with E-state index in [0.717, 1.165) is 12.8 Å². The fourth-order valence-corrected chi connectivity index (χ4v) is 4.12. The van der Waals surface area contributed by atoms with Gasteiger partial charge in [-0.15, -0.1) is 0 Å². The number of carbonyl (C=O) groups excluding carboxylic acids is 3. The van der Waals surface area contributed by atoms with Crippen molar-refractivity contribution in [1.82, 2.24) is 10.2 Å². The molecular formula is C26H30Cl2N4O4. The van der Waals surface area contributed by atoms with Crippen LogP contribution in [0.25, 0.3) is 0 Å². The molecule has 0 unspecified atom stereocenters. The second-order valence-corrected chi connectivity index (χ2v) is 9.49. The summed E-state index contributed by atoms with van der Waals surface area (Å²) in [7, 11) is 0. The Hall–Kier alpha value is -3.23. The van der Waals surface area contributed by atoms with Crippen molar-refractivity contribution < 1.29 is 19.1 Å². The van der Waals surface area contributed by atoms with E-state index in [-0.39, 0.29) is 12.1 Å². The molecule has 2 aromatic rings. The van der Waals surface area contributed by atoms with Gasteiger partial charge in [-0.1, -0.05) is 48.7 Å². The Labute approximate surface area is 221 Å². The van der Waals surface area contributed by atoms with E-state index in [9.17, 15) is 14.4 Å². The van der Waals surface area contributed by atoms with E-state index >= 15 is 0 Å². The molecule has 1 atom stereocenters. The number of ether oxygens (including phenoxy) is 1. The molecule has 0 aromatic heterocycles. The summed E-state index contributed by atoms with van der Waals surface area (Å²) in [6.45, 7) is 7.83. The van der Waals surface area contributed by atoms with Gasteiger partial charge in [0.2, 0.25) is 0 Å². The smallest absolute Gasteiger partial charge is 0.338 e. The van der Waals surface area contributed by atoms with Crippen LogP contribution in [-0.4, -0.2) is 35.6 Å². The number of halogens is 2. The Bertz CT molecular complexity index is 1180. The highest BCUT2D eigenvalue weighted by Gasteiger charge is 2.36. The SMILES string of the molecule is CCCCN1C(=O)N[C@@H](c2cccc(NC(=O)Nc3ccc(Cl)c(Cl)c3)c2)C(C(=O)OC(C)C)=C1C. The number of hydrogen-bond donors (Lipinski definition) is 3. The molecule has 8 nitrogen and oxygen atoms in total. The van der Waals surface area contributed by atoms with Gasteiger partial charge >= 0.3 is 18.0 Å². The van der Waals surface area contributed by atoms with E-state index < -0.39 is 18.0 Å². The predicted molar refractivity (Wildman–Crippen MR) is 142 cm³/mol. The number of nitrogens with zero attached hydrogens (tertiary/aromatic N) is 1. The van der Waals surface area contributed by atoms with E-state index in [1.807, 2.05) is 6.92 Å². The molecule has 0 fully saturated rings. The average molecular weight is 533 g/mol. The number of unbranched alkanes of at least 4 members (excludes halogenated alkanes) is 1. The Kier molecular flexibility index (Phi) is 9.23. The second kappa shape index (κ2) is 12.1. The molecule has 3 N–H and O–H groups in total. The number of urea groups is 2. The van der Waals surface area contributed by atoms with E-state index in [2.05, 4.69) is 16.0 Å². The van der Waals surface area contributed by atoms with Crippen LogP contribution in [0.3, 0.4) is 0 Å². The van der Waals surface area contributed by atoms with Gasteiger partial charge in [-0.05, 0) is 63.1 Å². The maximum atomic E-state index is 13.1. The number of hydrogen-bond acceptors (Lipinski definition) is 4. The van der Waals surface area contributed by atoms with Crippen LogP contribution in [0.2, 0.25) is 10.0 Å². The number of nitrogens with one attached hydrogen (secondary N) is 3. The van der Waals surface area contributed by atoms with E-state index in [0.29, 0.717) is 44.8 Å². The topological polar surface area (TPSA) is 99.8 Å². The number of benzene rings is 2. The van der Waals surface area contributed by atoms with Crippen molar-refractivity contribution in [3.63, 3.8) is 0 Å². The summed E-state index contributed by atoms with van der Waals surface area (Å²) in [5, 5.41) is 9.08. The molecule has 0 saturated carbocycles. The van der Waals surface area contributed by atoms with Crippen molar-refractivity contribution in [2.24, 2.45) is 0 Å². The van der Waals surface area contributed by atoms with Gasteiger partial charge in [0.05, 0.1) is 27.8 Å². The molecule has 0 aliphatic carbocycles. The number of carbonyl (C=O) groups is 3. The number of amides is 4. The summed E-state index contributed by atoms with van der Waals surface area (Å²) in [4.78, 5) is 40.1. The zero-order chi connectivity index (χ0) is 26.4. The Balaban J connectivity index is 1.87. The number of rotatable bonds is 8. The monoisotopic (exact) mass is 532 g/mol. The van der Waals surface area contributed by atoms with Crippen molar-refractivity contribution in [3.05, 3.63) is 69.3 Å². The van der Waals surface area contributed by atoms with Gasteiger partial charge in [0.1, 0.15) is 0 Å². The van der Waals surface area contributed by atoms with Crippen LogP contribution >= 0.6 is 23.2 Å². The van der Waals surface area contributed by atoms with Gasteiger partial charge in [-0.2, -0.15) is 0 Å². The van der Waals surface area contributed by atoms with Gasteiger partial charge in [0, 0.05) is 23.6 Å². The fraction of sp³-hybridized carbons (Fsp3) is 0.346. The highest BCUT2D eigenvalue weighted by molar-refractivity contribution is 6.42. The first-order valence-corrected chi connectivity index (χ1v) is 12.5. The van der Waals surface area contributed by atoms with Crippen LogP contribution in [0.15, 0.2) is 53.7 Å². The zero-order valence-corrected chi connectivity index (χ0v) is 22.2. The van der Waals surface area contributed by atoms with Crippen LogP contribution in [0.4, 0.5) is 21.0 Å². The van der Waals surface area contributed by atoms with Gasteiger partial charge in [-0.3, -0.25) is 4.90 Å². The molecule has 36 heavy (non-hydrogen) atoms. The molecule has 10 heteroatoms. The average Bonchev–Trinajstić information content (AvgIpc) is 2.80. The maximum Gasteiger partial charge on any atom is 0.338 e. The lowest BCUT2D eigenvalue weighted by Gasteiger charge is -2.35. The van der Waals surface area contributed by atoms with Crippen LogP contribution in [0.1, 0.15) is 52.1 Å². The van der Waals surface area contributed by atoms with Crippen molar-refractivity contribution >= 4 is 52.6 Å². The third-order valence-corrected chi connectivity index (χ3v) is 6.29. The lowest BCUT2D eigenvalue weighted by Crippen LogP contribution is -2.48. The van der Waals surface area contributed by atoms with Gasteiger partial charge in [0.25, 0.3) is 0 Å². The first-order valence-electron chi connectivity index (χ1n) is 11.7. The highest BCUT2D eigenvalue weighted by Crippen LogP contribution is 2.33. The lowest BCUT2D eigenvalue weighted by atomic mass is 9.94. The Morgan fingerprint density at radius 1 is 1.08 bits per heavy atom. The molecular weight excluding hydrogens is 503 g/mol. The number of esters is 1. The van der Waals surface area contributed by atoms with E-state index in [1.54, 1.807) is 68.1 Å². The molecule has 1 heterocycles. The minimum Gasteiger partial charge on any atom is -0.459 e. The Morgan fingerprint density at radius 2 is 1.78 bits per heavy atom. The predicted octanol–water partition coefficient (Wildman–Crippen LogP) is 6.73. The van der Waals surface area contributed by atoms with Crippen molar-refractivity contribution in [2.75, 3.05) is 17.2 Å². The molecule has 0 radical (unpaired) electrons. The van der Waals surface area contributed by atoms with Crippen molar-refractivity contribution in [3.8, 4) is 0 Å². The normalized spacial score (nSPS) is 15.6. The standard InChI is InChI=1S/C26H30Cl2N4O4/c1-5-6-12-32-16(4)22(24(33)36-15(2)3)23(31-26(32)35)17-8-7-9-18(13-17)29-25(34)30-19-10-11-20(27)21(28)14-19/h7-11,13-15,23H,5-6,12H2,1-4H3,(H,31,35)(H2,29,30,34)/t23-/m0/s1. The lowest BCUT2D eigenvalue weighted by molar-refractivity contribution is -0.143. The van der Waals surface area contributed by atoms with E-state index in [1.165, 1.54) is 0 Å². The summed E-state index contributed by atoms with van der Waals surface area (Å²) in [5.74, 6) is -0.496. The molecule has 0 spiro atoms. The fourth-order valence-electron chi connectivity index (χ4n) is 3.82. The third kappa shape index (κ3) is 6.71. The van der Waals surface area contributed by atoms with Crippen molar-refractivity contribution in [1.29, 1.82) is 0 Å². The third-order valence-electron chi connectivity index (χ3n) is 5.55. The molecule has 0 bridgehead atoms. The van der Waals surface area contributed by atoms with Crippen LogP contribution in [0.5, 0.6) is 0 Å². The summed E-state index contributed by atoms with van der Waals surface area (Å²) in [6.07, 6.45) is 1.39. The maximum absolute atomic E-state index is 13.1. The van der Waals surface area contributed by atoms with E-state index in [4.69, 9.17) is 27.9 Å². The second-order valence-electron chi connectivity index (χ2n) is 8.67. The number of allylic oxidation sites excluding steroid dienone is 1. The highest BCUT2D eigenvalue weighted by atomic mass is 35.5. The van der Waals surface area contributed by atoms with Gasteiger partial charge < -0.3 is 20.7 Å². The first-order chi connectivity index (χ1) is 17.1. The zero-order valence-electron chi connectivity index (χ0n) is 20.7. The van der Waals surface area contributed by atoms with Crippen LogP contribution in [0, 0.1) is 0 Å². The molecule has 0 saturated heterocycles. The minimum atomic E-state index is -0.735. The Morgan fingerprint density at radius 3 is 2.42 bits per heavy atom. The molecule has 192 valence electrons. The van der Waals surface area contributed by atoms with Crippen LogP contribution < -0.4 is 16.0 Å². The van der Waals surface area contributed by atoms with Crippen molar-refractivity contribution in [2.45, 2.75) is 52.7 Å². The molecule has 1 aliphatic rings. The van der Waals surface area contributed by atoms with Crippen LogP contribution in [-0.2, 0) is 9.53 Å². The molecule has 1 aliphatic heterocycles. The molecule has 3 rings (SSSR count). The first kappa shape index (κ1) is 27.4. The van der Waals surface area contributed by atoms with Gasteiger partial charge in [-0.25, -0.2) is 14.4 Å². The minimum absolute atomic E-state index is 0.289.